The molecule has 0 aliphatic rings. The van der Waals surface area contributed by atoms with Gasteiger partial charge < -0.3 is 8.97 Å². The van der Waals surface area contributed by atoms with Crippen LogP contribution in [0.1, 0.15) is 0 Å². The van der Waals surface area contributed by atoms with Crippen molar-refractivity contribution in [3.05, 3.63) is 188 Å². The minimum absolute atomic E-state index is 0.823. The number of fused-ring (bicyclic) bond motifs is 16. The van der Waals surface area contributed by atoms with Gasteiger partial charge in [0, 0.05) is 70.5 Å². The molecule has 5 heteroatoms. The molecule has 14 aromatic rings. The Bertz CT molecular complexity index is 4070. The standard InChI is InChI=1S/C54H31N5/c1-2-15-34(16-3-1)57-44-23-11-8-18-36(44)42-30-33(27-29-47(42)57)51-38-20-6-7-21-39(38)54(56-55-51)58-46-25-13-10-22-40(46)49-48(58)31-43-37-19-9-12-24-45(37)59-52-35-17-5-4-14-32(35)26-28-41(52)50(49)53(43)59/h1-31H. The molecule has 0 fully saturated rings. The van der Waals surface area contributed by atoms with Crippen molar-refractivity contribution in [3.63, 3.8) is 0 Å². The lowest BCUT2D eigenvalue weighted by Gasteiger charge is -2.13. The highest BCUT2D eigenvalue weighted by Crippen LogP contribution is 2.48. The quantitative estimate of drug-likeness (QED) is 0.180. The first kappa shape index (κ1) is 31.1. The monoisotopic (exact) mass is 749 g/mol. The van der Waals surface area contributed by atoms with E-state index >= 15 is 0 Å². The second-order valence-electron chi connectivity index (χ2n) is 15.8. The van der Waals surface area contributed by atoms with Crippen molar-refractivity contribution in [1.82, 2.24) is 23.7 Å². The molecular weight excluding hydrogens is 719 g/mol. The number of hydrogen-bond acceptors (Lipinski definition) is 2. The van der Waals surface area contributed by atoms with Gasteiger partial charge in [-0.15, -0.1) is 10.2 Å². The summed E-state index contributed by atoms with van der Waals surface area (Å²) in [6.45, 7) is 0. The van der Waals surface area contributed by atoms with E-state index in [1.54, 1.807) is 0 Å². The van der Waals surface area contributed by atoms with Crippen molar-refractivity contribution < 1.29 is 0 Å². The van der Waals surface area contributed by atoms with Crippen LogP contribution in [0.15, 0.2) is 188 Å². The van der Waals surface area contributed by atoms with Gasteiger partial charge in [-0.2, -0.15) is 0 Å². The predicted octanol–water partition coefficient (Wildman–Crippen LogP) is 13.8. The zero-order valence-electron chi connectivity index (χ0n) is 31.6. The Kier molecular flexibility index (Phi) is 5.96. The molecule has 59 heavy (non-hydrogen) atoms. The van der Waals surface area contributed by atoms with Crippen LogP contribution in [0, 0.1) is 0 Å². The fourth-order valence-electron chi connectivity index (χ4n) is 10.4. The smallest absolute Gasteiger partial charge is 0.168 e. The normalized spacial score (nSPS) is 12.4. The van der Waals surface area contributed by atoms with Crippen LogP contribution in [0.25, 0.3) is 126 Å². The van der Waals surface area contributed by atoms with Crippen molar-refractivity contribution in [2.24, 2.45) is 0 Å². The summed E-state index contributed by atoms with van der Waals surface area (Å²) in [5.41, 5.74) is 11.4. The van der Waals surface area contributed by atoms with E-state index in [1.165, 1.54) is 75.9 Å². The first-order valence-electron chi connectivity index (χ1n) is 20.2. The van der Waals surface area contributed by atoms with Gasteiger partial charge >= 0.3 is 0 Å². The zero-order valence-corrected chi connectivity index (χ0v) is 31.6. The van der Waals surface area contributed by atoms with E-state index in [4.69, 9.17) is 10.2 Å². The summed E-state index contributed by atoms with van der Waals surface area (Å²) >= 11 is 0. The largest absolute Gasteiger partial charge is 0.309 e. The van der Waals surface area contributed by atoms with Crippen molar-refractivity contribution in [2.45, 2.75) is 0 Å². The van der Waals surface area contributed by atoms with Crippen LogP contribution < -0.4 is 0 Å². The van der Waals surface area contributed by atoms with Crippen molar-refractivity contribution in [2.75, 3.05) is 0 Å². The van der Waals surface area contributed by atoms with Crippen LogP contribution in [0.3, 0.4) is 0 Å². The Morgan fingerprint density at radius 2 is 0.949 bits per heavy atom. The van der Waals surface area contributed by atoms with Gasteiger partial charge in [0.25, 0.3) is 0 Å². The number of para-hydroxylation sites is 4. The molecule has 5 nitrogen and oxygen atoms in total. The minimum atomic E-state index is 0.823. The summed E-state index contributed by atoms with van der Waals surface area (Å²) in [6.07, 6.45) is 0. The highest BCUT2D eigenvalue weighted by atomic mass is 15.2. The molecule has 0 amide bonds. The maximum absolute atomic E-state index is 5.21. The second kappa shape index (κ2) is 11.3. The second-order valence-corrected chi connectivity index (χ2v) is 15.8. The number of aromatic nitrogens is 5. The van der Waals surface area contributed by atoms with Crippen LogP contribution in [-0.2, 0) is 0 Å². The van der Waals surface area contributed by atoms with Crippen LogP contribution in [0.2, 0.25) is 0 Å². The van der Waals surface area contributed by atoms with Gasteiger partial charge in [-0.05, 0) is 53.9 Å². The average Bonchev–Trinajstić information content (AvgIpc) is 4.03. The fourth-order valence-corrected chi connectivity index (χ4v) is 10.4. The van der Waals surface area contributed by atoms with Crippen molar-refractivity contribution >= 4 is 103 Å². The molecule has 0 radical (unpaired) electrons. The summed E-state index contributed by atoms with van der Waals surface area (Å²) < 4.78 is 7.23. The molecule has 5 heterocycles. The van der Waals surface area contributed by atoms with Crippen LogP contribution in [0.5, 0.6) is 0 Å². The average molecular weight is 750 g/mol. The number of rotatable bonds is 3. The summed E-state index contributed by atoms with van der Waals surface area (Å²) in [6, 6.07) is 68.1. The highest BCUT2D eigenvalue weighted by Gasteiger charge is 2.26. The molecule has 9 aromatic carbocycles. The first-order chi connectivity index (χ1) is 29.3. The molecule has 0 unspecified atom stereocenters. The van der Waals surface area contributed by atoms with Crippen LogP contribution in [0.4, 0.5) is 0 Å². The fraction of sp³-hybridized carbons (Fsp3) is 0. The third-order valence-electron chi connectivity index (χ3n) is 12.8. The Morgan fingerprint density at radius 3 is 1.76 bits per heavy atom. The molecule has 0 N–H and O–H groups in total. The van der Waals surface area contributed by atoms with E-state index in [1.807, 2.05) is 0 Å². The summed E-state index contributed by atoms with van der Waals surface area (Å²) in [7, 11) is 0. The van der Waals surface area contributed by atoms with Gasteiger partial charge in [0.05, 0.1) is 38.6 Å². The molecule has 0 aliphatic heterocycles. The molecule has 14 rings (SSSR count). The summed E-state index contributed by atoms with van der Waals surface area (Å²) in [5.74, 6) is 0.823. The lowest BCUT2D eigenvalue weighted by molar-refractivity contribution is 0.977. The van der Waals surface area contributed by atoms with Crippen molar-refractivity contribution in [1.29, 1.82) is 0 Å². The molecule has 0 saturated carbocycles. The Hall–Kier alpha value is -8.02. The molecule has 0 bridgehead atoms. The molecule has 0 saturated heterocycles. The van der Waals surface area contributed by atoms with Gasteiger partial charge in [-0.25, -0.2) is 0 Å². The van der Waals surface area contributed by atoms with Gasteiger partial charge in [0.2, 0.25) is 0 Å². The van der Waals surface area contributed by atoms with E-state index in [2.05, 4.69) is 202 Å². The molecule has 272 valence electrons. The van der Waals surface area contributed by atoms with Gasteiger partial charge in [0.15, 0.2) is 5.82 Å². The third-order valence-corrected chi connectivity index (χ3v) is 12.8. The maximum Gasteiger partial charge on any atom is 0.168 e. The maximum atomic E-state index is 5.21. The van der Waals surface area contributed by atoms with Crippen LogP contribution >= 0.6 is 0 Å². The van der Waals surface area contributed by atoms with E-state index in [0.29, 0.717) is 0 Å². The Morgan fingerprint density at radius 1 is 0.322 bits per heavy atom. The van der Waals surface area contributed by atoms with Gasteiger partial charge in [0.1, 0.15) is 5.69 Å². The van der Waals surface area contributed by atoms with E-state index < -0.39 is 0 Å². The lowest BCUT2D eigenvalue weighted by atomic mass is 10.00. The first-order valence-corrected chi connectivity index (χ1v) is 20.2. The SMILES string of the molecule is c1ccc(-n2c3ccccc3c3cc(-c4nnc(-n5c6ccccc6c6c7c8ccc9ccccc9c8n8c9ccccc9c(cc65)c78)c5ccccc45)ccc32)cc1. The minimum Gasteiger partial charge on any atom is -0.309 e. The summed E-state index contributed by atoms with van der Waals surface area (Å²) in [5, 5.41) is 24.8. The van der Waals surface area contributed by atoms with E-state index in [9.17, 15) is 0 Å². The topological polar surface area (TPSA) is 40.0 Å². The third kappa shape index (κ3) is 3.98. The molecule has 5 aromatic heterocycles. The van der Waals surface area contributed by atoms with Crippen LogP contribution in [-0.4, -0.2) is 23.7 Å². The number of hydrogen-bond donors (Lipinski definition) is 0. The van der Waals surface area contributed by atoms with E-state index in [-0.39, 0.29) is 0 Å². The molecule has 0 spiro atoms. The molecular formula is C54H31N5. The zero-order chi connectivity index (χ0) is 38.3. The van der Waals surface area contributed by atoms with Gasteiger partial charge in [-0.1, -0.05) is 140 Å². The molecule has 0 aliphatic carbocycles. The Labute approximate surface area is 336 Å². The number of benzene rings is 9. The highest BCUT2D eigenvalue weighted by molar-refractivity contribution is 6.37. The van der Waals surface area contributed by atoms with Gasteiger partial charge in [-0.3, -0.25) is 4.57 Å². The Balaban J connectivity index is 1.07. The van der Waals surface area contributed by atoms with E-state index in [0.717, 1.165) is 50.1 Å². The summed E-state index contributed by atoms with van der Waals surface area (Å²) in [4.78, 5) is 0. The number of nitrogens with zero attached hydrogens (tertiary/aromatic N) is 5. The lowest BCUT2D eigenvalue weighted by Crippen LogP contribution is -2.02. The predicted molar refractivity (Wildman–Crippen MR) is 246 cm³/mol. The molecule has 0 atom stereocenters. The van der Waals surface area contributed by atoms with Crippen molar-refractivity contribution in [3.8, 4) is 22.8 Å².